The molecule has 0 aliphatic rings. The van der Waals surface area contributed by atoms with E-state index in [1.54, 1.807) is 16.8 Å². The van der Waals surface area contributed by atoms with Crippen molar-refractivity contribution in [1.82, 2.24) is 9.66 Å². The van der Waals surface area contributed by atoms with Gasteiger partial charge in [-0.05, 0) is 30.7 Å². The smallest absolute Gasteiger partial charge is 0.251 e. The Bertz CT molecular complexity index is 1210. The number of aliphatic imine (C=N–C) groups is 1. The maximum absolute atomic E-state index is 10.1. The normalized spacial score (nSPS) is 11.9. The van der Waals surface area contributed by atoms with Crippen LogP contribution in [0.15, 0.2) is 95.2 Å². The molecule has 5 nitrogen and oxygen atoms in total. The van der Waals surface area contributed by atoms with Gasteiger partial charge in [0.25, 0.3) is 5.95 Å². The standard InChI is InChI=1S/C24H19ClN4O/c1-17(18-8-4-2-5-9-18)28-29-16-22(19-10-6-3-7-11-19)27-24(29)26-15-20-14-21(25)12-13-23(20)30/h2-16,30H,1H3. The van der Waals surface area contributed by atoms with Crippen LogP contribution in [-0.4, -0.2) is 26.7 Å². The van der Waals surface area contributed by atoms with E-state index in [2.05, 4.69) is 9.98 Å². The molecule has 4 rings (SSSR count). The Hall–Kier alpha value is -3.70. The molecular weight excluding hydrogens is 396 g/mol. The van der Waals surface area contributed by atoms with E-state index in [9.17, 15) is 5.11 Å². The van der Waals surface area contributed by atoms with E-state index in [1.165, 1.54) is 12.3 Å². The van der Waals surface area contributed by atoms with Gasteiger partial charge >= 0.3 is 0 Å². The Kier molecular flexibility index (Phi) is 5.72. The second-order valence-corrected chi connectivity index (χ2v) is 7.09. The van der Waals surface area contributed by atoms with E-state index in [-0.39, 0.29) is 5.75 Å². The molecule has 0 saturated carbocycles. The maximum atomic E-state index is 10.1. The quantitative estimate of drug-likeness (QED) is 0.411. The lowest BCUT2D eigenvalue weighted by Crippen LogP contribution is -1.98. The van der Waals surface area contributed by atoms with Gasteiger partial charge in [-0.25, -0.2) is 14.7 Å². The predicted molar refractivity (Wildman–Crippen MR) is 122 cm³/mol. The Morgan fingerprint density at radius 1 is 1.00 bits per heavy atom. The van der Waals surface area contributed by atoms with Crippen LogP contribution in [0.2, 0.25) is 5.02 Å². The fourth-order valence-corrected chi connectivity index (χ4v) is 3.11. The summed E-state index contributed by atoms with van der Waals surface area (Å²) in [6.45, 7) is 1.94. The van der Waals surface area contributed by atoms with E-state index in [0.29, 0.717) is 16.5 Å². The molecule has 3 aromatic carbocycles. The van der Waals surface area contributed by atoms with Crippen molar-refractivity contribution in [1.29, 1.82) is 0 Å². The Morgan fingerprint density at radius 3 is 2.43 bits per heavy atom. The highest BCUT2D eigenvalue weighted by atomic mass is 35.5. The zero-order chi connectivity index (χ0) is 20.9. The summed E-state index contributed by atoms with van der Waals surface area (Å²) < 4.78 is 1.64. The number of phenols is 1. The van der Waals surface area contributed by atoms with Gasteiger partial charge in [-0.15, -0.1) is 0 Å². The average Bonchev–Trinajstić information content (AvgIpc) is 3.18. The molecule has 4 aromatic rings. The van der Waals surface area contributed by atoms with Gasteiger partial charge in [0.15, 0.2) is 0 Å². The first kappa shape index (κ1) is 19.6. The minimum atomic E-state index is 0.0912. The van der Waals surface area contributed by atoms with Gasteiger partial charge in [-0.2, -0.15) is 5.10 Å². The fraction of sp³-hybridized carbons (Fsp3) is 0.0417. The largest absolute Gasteiger partial charge is 0.507 e. The van der Waals surface area contributed by atoms with Crippen LogP contribution in [0, 0.1) is 0 Å². The molecule has 0 unspecified atom stereocenters. The Balaban J connectivity index is 1.77. The molecule has 1 aromatic heterocycles. The van der Waals surface area contributed by atoms with E-state index in [1.807, 2.05) is 73.8 Å². The zero-order valence-corrected chi connectivity index (χ0v) is 17.0. The lowest BCUT2D eigenvalue weighted by Gasteiger charge is -2.02. The Labute approximate surface area is 179 Å². The molecule has 0 spiro atoms. The number of nitrogens with zero attached hydrogens (tertiary/aromatic N) is 4. The number of hydrogen-bond acceptors (Lipinski definition) is 4. The molecule has 0 amide bonds. The highest BCUT2D eigenvalue weighted by Gasteiger charge is 2.10. The van der Waals surface area contributed by atoms with Crippen LogP contribution >= 0.6 is 11.6 Å². The highest BCUT2D eigenvalue weighted by molar-refractivity contribution is 6.30. The van der Waals surface area contributed by atoms with E-state index in [0.717, 1.165) is 22.5 Å². The minimum Gasteiger partial charge on any atom is -0.507 e. The summed E-state index contributed by atoms with van der Waals surface area (Å²) in [6.07, 6.45) is 3.37. The van der Waals surface area contributed by atoms with Crippen LogP contribution in [0.5, 0.6) is 5.75 Å². The van der Waals surface area contributed by atoms with Crippen LogP contribution < -0.4 is 0 Å². The third-order valence-corrected chi connectivity index (χ3v) is 4.73. The molecule has 6 heteroatoms. The van der Waals surface area contributed by atoms with Crippen LogP contribution in [0.1, 0.15) is 18.1 Å². The molecule has 148 valence electrons. The SMILES string of the molecule is CC(=Nn1cc(-c2ccccc2)nc1N=Cc1cc(Cl)ccc1O)c1ccccc1. The number of aromatic nitrogens is 2. The summed E-state index contributed by atoms with van der Waals surface area (Å²) in [5, 5.41) is 15.3. The molecule has 0 aliphatic heterocycles. The van der Waals surface area contributed by atoms with Gasteiger partial charge < -0.3 is 5.11 Å². The van der Waals surface area contributed by atoms with Crippen molar-refractivity contribution >= 4 is 29.5 Å². The van der Waals surface area contributed by atoms with E-state index < -0.39 is 0 Å². The third kappa shape index (κ3) is 4.47. The molecule has 30 heavy (non-hydrogen) atoms. The molecule has 0 radical (unpaired) electrons. The minimum absolute atomic E-state index is 0.0912. The van der Waals surface area contributed by atoms with Gasteiger partial charge in [0.05, 0.1) is 17.6 Å². The zero-order valence-electron chi connectivity index (χ0n) is 16.3. The van der Waals surface area contributed by atoms with Crippen LogP contribution in [0.25, 0.3) is 11.3 Å². The van der Waals surface area contributed by atoms with Crippen molar-refractivity contribution in [3.8, 4) is 17.0 Å². The lowest BCUT2D eigenvalue weighted by molar-refractivity contribution is 0.474. The number of rotatable bonds is 5. The molecule has 1 N–H and O–H groups in total. The van der Waals surface area contributed by atoms with Crippen molar-refractivity contribution in [3.05, 3.63) is 101 Å². The first-order valence-electron chi connectivity index (χ1n) is 9.38. The Morgan fingerprint density at radius 2 is 1.70 bits per heavy atom. The summed E-state index contributed by atoms with van der Waals surface area (Å²) in [7, 11) is 0. The second kappa shape index (κ2) is 8.76. The first-order valence-corrected chi connectivity index (χ1v) is 9.76. The number of benzene rings is 3. The number of imidazole rings is 1. The van der Waals surface area contributed by atoms with Crippen LogP contribution in [0.3, 0.4) is 0 Å². The molecule has 0 aliphatic carbocycles. The lowest BCUT2D eigenvalue weighted by atomic mass is 10.1. The molecule has 0 fully saturated rings. The van der Waals surface area contributed by atoms with Crippen molar-refractivity contribution in [3.63, 3.8) is 0 Å². The molecule has 0 bridgehead atoms. The van der Waals surface area contributed by atoms with Crippen LogP contribution in [0.4, 0.5) is 5.95 Å². The molecular formula is C24H19ClN4O. The number of aromatic hydroxyl groups is 1. The summed E-state index contributed by atoms with van der Waals surface area (Å²) in [5.41, 5.74) is 4.06. The van der Waals surface area contributed by atoms with Crippen molar-refractivity contribution < 1.29 is 5.11 Å². The summed E-state index contributed by atoms with van der Waals surface area (Å²) in [5.74, 6) is 0.483. The number of hydrogen-bond donors (Lipinski definition) is 1. The van der Waals surface area contributed by atoms with Gasteiger partial charge in [-0.1, -0.05) is 72.3 Å². The maximum Gasteiger partial charge on any atom is 0.251 e. The van der Waals surface area contributed by atoms with Gasteiger partial charge in [-0.3, -0.25) is 0 Å². The monoisotopic (exact) mass is 414 g/mol. The first-order chi connectivity index (χ1) is 14.6. The van der Waals surface area contributed by atoms with Crippen molar-refractivity contribution in [2.24, 2.45) is 10.1 Å². The fourth-order valence-electron chi connectivity index (χ4n) is 2.93. The second-order valence-electron chi connectivity index (χ2n) is 6.65. The van der Waals surface area contributed by atoms with Gasteiger partial charge in [0.1, 0.15) is 5.75 Å². The van der Waals surface area contributed by atoms with Crippen LogP contribution in [-0.2, 0) is 0 Å². The summed E-state index contributed by atoms with van der Waals surface area (Å²) in [6, 6.07) is 24.5. The molecule has 0 saturated heterocycles. The number of halogens is 1. The highest BCUT2D eigenvalue weighted by Crippen LogP contribution is 2.24. The third-order valence-electron chi connectivity index (χ3n) is 4.50. The molecule has 1 heterocycles. The van der Waals surface area contributed by atoms with Crippen molar-refractivity contribution in [2.75, 3.05) is 0 Å². The van der Waals surface area contributed by atoms with Gasteiger partial charge in [0.2, 0.25) is 0 Å². The molecule has 0 atom stereocenters. The van der Waals surface area contributed by atoms with E-state index in [4.69, 9.17) is 16.7 Å². The van der Waals surface area contributed by atoms with E-state index >= 15 is 0 Å². The van der Waals surface area contributed by atoms with Crippen molar-refractivity contribution in [2.45, 2.75) is 6.92 Å². The summed E-state index contributed by atoms with van der Waals surface area (Å²) >= 11 is 6.04. The topological polar surface area (TPSA) is 62.8 Å². The van der Waals surface area contributed by atoms with Gasteiger partial charge in [0, 0.05) is 22.4 Å². The average molecular weight is 415 g/mol. The summed E-state index contributed by atoms with van der Waals surface area (Å²) in [4.78, 5) is 9.11. The predicted octanol–water partition coefficient (Wildman–Crippen LogP) is 5.93. The number of phenolic OH excluding ortho intramolecular Hbond substituents is 1.